The summed E-state index contributed by atoms with van der Waals surface area (Å²) in [6.45, 7) is 12.7. The first kappa shape index (κ1) is 16.8. The van der Waals surface area contributed by atoms with Gasteiger partial charge in [-0.1, -0.05) is 88.5 Å². The molecule has 23 heavy (non-hydrogen) atoms. The predicted octanol–water partition coefficient (Wildman–Crippen LogP) is 6.49. The van der Waals surface area contributed by atoms with Crippen LogP contribution < -0.4 is 0 Å². The maximum Gasteiger partial charge on any atom is 0.0564 e. The first-order valence-corrected chi connectivity index (χ1v) is 12.3. The van der Waals surface area contributed by atoms with Crippen LogP contribution in [0.2, 0.25) is 23.7 Å². The molecule has 0 aromatic heterocycles. The first-order chi connectivity index (χ1) is 10.8. The number of rotatable bonds is 3. The highest BCUT2D eigenvalue weighted by Gasteiger charge is 2.52. The minimum atomic E-state index is -1.32. The first-order valence-electron chi connectivity index (χ1n) is 9.19. The van der Waals surface area contributed by atoms with Gasteiger partial charge in [-0.15, -0.1) is 0 Å². The van der Waals surface area contributed by atoms with Crippen molar-refractivity contribution >= 4 is 8.07 Å². The number of allylic oxidation sites excluding steroid dienone is 4. The predicted molar refractivity (Wildman–Crippen MR) is 104 cm³/mol. The summed E-state index contributed by atoms with van der Waals surface area (Å²) in [6, 6.07) is 11.1. The van der Waals surface area contributed by atoms with Crippen LogP contribution in [0.25, 0.3) is 0 Å². The van der Waals surface area contributed by atoms with Crippen molar-refractivity contribution in [3.8, 4) is 0 Å². The molecule has 124 valence electrons. The van der Waals surface area contributed by atoms with E-state index in [4.69, 9.17) is 0 Å². The molecule has 0 saturated heterocycles. The van der Waals surface area contributed by atoms with E-state index in [-0.39, 0.29) is 0 Å². The van der Waals surface area contributed by atoms with E-state index in [9.17, 15) is 0 Å². The second-order valence-electron chi connectivity index (χ2n) is 9.19. The molecule has 0 aliphatic heterocycles. The van der Waals surface area contributed by atoms with Crippen molar-refractivity contribution in [2.75, 3.05) is 0 Å². The van der Waals surface area contributed by atoms with Gasteiger partial charge in [-0.3, -0.25) is 0 Å². The van der Waals surface area contributed by atoms with Gasteiger partial charge in [0.15, 0.2) is 0 Å². The minimum absolute atomic E-state index is 0.471. The standard InChI is InChI=1S/C22H32Si/c1-22(2,3)23(4,5)21-16-18(15-17-11-7-6-8-12-17)19-13-9-10-14-20(19)21/h6-14,18-21H,15-16H2,1-5H3. The van der Waals surface area contributed by atoms with E-state index in [1.807, 2.05) is 0 Å². The summed E-state index contributed by atoms with van der Waals surface area (Å²) >= 11 is 0. The molecule has 0 spiro atoms. The molecule has 2 aliphatic rings. The Morgan fingerprint density at radius 3 is 2.17 bits per heavy atom. The molecular weight excluding hydrogens is 292 g/mol. The fourth-order valence-electron chi connectivity index (χ4n) is 4.62. The van der Waals surface area contributed by atoms with Crippen LogP contribution in [0.5, 0.6) is 0 Å². The Morgan fingerprint density at radius 2 is 1.57 bits per heavy atom. The fraction of sp³-hybridized carbons (Fsp3) is 0.545. The molecule has 4 atom stereocenters. The third-order valence-corrected chi connectivity index (χ3v) is 13.3. The molecule has 1 heteroatoms. The quantitative estimate of drug-likeness (QED) is 0.558. The molecule has 0 heterocycles. The third-order valence-electron chi connectivity index (χ3n) is 6.99. The van der Waals surface area contributed by atoms with Gasteiger partial charge in [0.25, 0.3) is 0 Å². The summed E-state index contributed by atoms with van der Waals surface area (Å²) in [5.41, 5.74) is 2.41. The van der Waals surface area contributed by atoms with E-state index in [0.717, 1.165) is 23.3 Å². The van der Waals surface area contributed by atoms with Crippen molar-refractivity contribution < 1.29 is 0 Å². The fourth-order valence-corrected chi connectivity index (χ4v) is 7.92. The van der Waals surface area contributed by atoms with Crippen molar-refractivity contribution in [1.29, 1.82) is 0 Å². The lowest BCUT2D eigenvalue weighted by Gasteiger charge is -2.44. The van der Waals surface area contributed by atoms with Crippen molar-refractivity contribution in [3.05, 3.63) is 60.2 Å². The Hall–Kier alpha value is -1.08. The molecule has 0 N–H and O–H groups in total. The molecule has 4 unspecified atom stereocenters. The number of hydrogen-bond donors (Lipinski definition) is 0. The molecule has 3 rings (SSSR count). The maximum absolute atomic E-state index is 2.63. The lowest BCUT2D eigenvalue weighted by molar-refractivity contribution is 0.416. The van der Waals surface area contributed by atoms with E-state index >= 15 is 0 Å². The Morgan fingerprint density at radius 1 is 0.957 bits per heavy atom. The van der Waals surface area contributed by atoms with Gasteiger partial charge in [-0.2, -0.15) is 0 Å². The van der Waals surface area contributed by atoms with Crippen LogP contribution in [0.3, 0.4) is 0 Å². The zero-order valence-electron chi connectivity index (χ0n) is 15.4. The highest BCUT2D eigenvalue weighted by atomic mass is 28.3. The van der Waals surface area contributed by atoms with Gasteiger partial charge < -0.3 is 0 Å². The molecule has 0 nitrogen and oxygen atoms in total. The van der Waals surface area contributed by atoms with Gasteiger partial charge in [-0.25, -0.2) is 0 Å². The molecule has 1 aromatic carbocycles. The van der Waals surface area contributed by atoms with E-state index in [1.165, 1.54) is 18.4 Å². The van der Waals surface area contributed by atoms with E-state index in [2.05, 4.69) is 88.5 Å². The average molecular weight is 325 g/mol. The van der Waals surface area contributed by atoms with Crippen molar-refractivity contribution in [2.24, 2.45) is 17.8 Å². The van der Waals surface area contributed by atoms with Crippen LogP contribution in [-0.2, 0) is 6.42 Å². The monoisotopic (exact) mass is 324 g/mol. The van der Waals surface area contributed by atoms with Crippen LogP contribution in [0.1, 0.15) is 32.8 Å². The topological polar surface area (TPSA) is 0 Å². The van der Waals surface area contributed by atoms with Crippen LogP contribution in [0, 0.1) is 17.8 Å². The molecule has 1 aromatic rings. The van der Waals surface area contributed by atoms with Crippen LogP contribution in [0.4, 0.5) is 0 Å². The Kier molecular flexibility index (Phi) is 4.44. The Bertz CT molecular complexity index is 588. The molecule has 0 radical (unpaired) electrons. The lowest BCUT2D eigenvalue weighted by atomic mass is 9.83. The SMILES string of the molecule is CC(C)(C)[Si](C)(C)C1CC(Cc2ccccc2)C2C=CC=CC21. The zero-order valence-corrected chi connectivity index (χ0v) is 16.4. The average Bonchev–Trinajstić information content (AvgIpc) is 2.87. The molecule has 1 fully saturated rings. The van der Waals surface area contributed by atoms with E-state index < -0.39 is 8.07 Å². The van der Waals surface area contributed by atoms with Crippen LogP contribution >= 0.6 is 0 Å². The van der Waals surface area contributed by atoms with Gasteiger partial charge in [0.2, 0.25) is 0 Å². The van der Waals surface area contributed by atoms with E-state index in [1.54, 1.807) is 0 Å². The van der Waals surface area contributed by atoms with Gasteiger partial charge >= 0.3 is 0 Å². The molecule has 0 bridgehead atoms. The number of fused-ring (bicyclic) bond motifs is 1. The lowest BCUT2D eigenvalue weighted by Crippen LogP contribution is -2.43. The van der Waals surface area contributed by atoms with E-state index in [0.29, 0.717) is 5.04 Å². The second kappa shape index (κ2) is 6.09. The number of benzene rings is 1. The second-order valence-corrected chi connectivity index (χ2v) is 14.9. The van der Waals surface area contributed by atoms with Gasteiger partial charge in [0.05, 0.1) is 8.07 Å². The van der Waals surface area contributed by atoms with Crippen LogP contribution in [0.15, 0.2) is 54.6 Å². The largest absolute Gasteiger partial charge is 0.0808 e. The smallest absolute Gasteiger partial charge is 0.0564 e. The summed E-state index contributed by atoms with van der Waals surface area (Å²) < 4.78 is 0. The summed E-state index contributed by atoms with van der Waals surface area (Å²) in [5.74, 6) is 2.33. The summed E-state index contributed by atoms with van der Waals surface area (Å²) in [4.78, 5) is 0. The van der Waals surface area contributed by atoms with Crippen molar-refractivity contribution in [3.63, 3.8) is 0 Å². The van der Waals surface area contributed by atoms with Crippen molar-refractivity contribution in [1.82, 2.24) is 0 Å². The van der Waals surface area contributed by atoms with Gasteiger partial charge in [0.1, 0.15) is 0 Å². The highest BCUT2D eigenvalue weighted by molar-refractivity contribution is 6.81. The summed E-state index contributed by atoms with van der Waals surface area (Å²) in [6.07, 6.45) is 12.3. The maximum atomic E-state index is 2.63. The molecular formula is C22H32Si. The highest BCUT2D eigenvalue weighted by Crippen LogP contribution is 2.58. The van der Waals surface area contributed by atoms with Gasteiger partial charge in [-0.05, 0) is 46.7 Å². The number of hydrogen-bond acceptors (Lipinski definition) is 0. The molecule has 1 saturated carbocycles. The van der Waals surface area contributed by atoms with Gasteiger partial charge in [0, 0.05) is 0 Å². The zero-order chi connectivity index (χ0) is 16.7. The minimum Gasteiger partial charge on any atom is -0.0808 e. The van der Waals surface area contributed by atoms with Crippen molar-refractivity contribution in [2.45, 2.75) is 57.3 Å². The normalized spacial score (nSPS) is 30.5. The van der Waals surface area contributed by atoms with Crippen LogP contribution in [-0.4, -0.2) is 8.07 Å². The summed E-state index contributed by atoms with van der Waals surface area (Å²) in [5, 5.41) is 0.471. The Balaban J connectivity index is 1.87. The molecule has 0 amide bonds. The Labute approximate surface area is 143 Å². The molecule has 2 aliphatic carbocycles. The summed E-state index contributed by atoms with van der Waals surface area (Å²) in [7, 11) is -1.32. The third kappa shape index (κ3) is 3.13.